The van der Waals surface area contributed by atoms with Gasteiger partial charge in [0.1, 0.15) is 5.82 Å². The Morgan fingerprint density at radius 2 is 1.43 bits per heavy atom. The molecule has 0 spiro atoms. The maximum absolute atomic E-state index is 4.43. The van der Waals surface area contributed by atoms with Crippen LogP contribution in [0.4, 0.5) is 0 Å². The van der Waals surface area contributed by atoms with Crippen molar-refractivity contribution in [1.82, 2.24) is 14.8 Å². The second-order valence-electron chi connectivity index (χ2n) is 6.27. The molecule has 0 bridgehead atoms. The van der Waals surface area contributed by atoms with Gasteiger partial charge in [-0.25, -0.2) is 0 Å². The molecule has 126 valence electrons. The first kappa shape index (κ1) is 17.7. The molecule has 3 heteroatoms. The van der Waals surface area contributed by atoms with E-state index in [1.165, 1.54) is 51.4 Å². The monoisotopic (exact) mass is 313 g/mol. The molecule has 0 fully saturated rings. The van der Waals surface area contributed by atoms with E-state index in [1.54, 1.807) is 0 Å². The van der Waals surface area contributed by atoms with Crippen molar-refractivity contribution in [3.8, 4) is 11.4 Å². The molecule has 0 N–H and O–H groups in total. The smallest absolute Gasteiger partial charge is 0.163 e. The van der Waals surface area contributed by atoms with Crippen LogP contribution < -0.4 is 0 Å². The summed E-state index contributed by atoms with van der Waals surface area (Å²) >= 11 is 0. The summed E-state index contributed by atoms with van der Waals surface area (Å²) in [7, 11) is 0. The van der Waals surface area contributed by atoms with E-state index in [9.17, 15) is 0 Å². The number of benzene rings is 1. The van der Waals surface area contributed by atoms with E-state index in [2.05, 4.69) is 52.9 Å². The molecule has 0 radical (unpaired) electrons. The minimum absolute atomic E-state index is 0.934. The molecule has 0 amide bonds. The first-order chi connectivity index (χ1) is 11.4. The van der Waals surface area contributed by atoms with Gasteiger partial charge in [-0.2, -0.15) is 0 Å². The highest BCUT2D eigenvalue weighted by molar-refractivity contribution is 5.54. The molecule has 0 aliphatic carbocycles. The standard InChI is InChI=1S/C20H31N3/c1-3-5-6-7-8-9-10-14-17-19-21-22-20(23(19)4-2)18-15-12-11-13-16-18/h11-13,15-16H,3-10,14,17H2,1-2H3. The minimum atomic E-state index is 0.934. The number of rotatable bonds is 11. The Bertz CT molecular complexity index is 545. The normalized spacial score (nSPS) is 11.0. The molecule has 0 atom stereocenters. The van der Waals surface area contributed by atoms with Crippen LogP contribution in [-0.2, 0) is 13.0 Å². The zero-order valence-corrected chi connectivity index (χ0v) is 14.8. The summed E-state index contributed by atoms with van der Waals surface area (Å²) in [5, 5.41) is 8.85. The zero-order valence-electron chi connectivity index (χ0n) is 14.8. The van der Waals surface area contributed by atoms with E-state index in [1.807, 2.05) is 6.07 Å². The SMILES string of the molecule is CCCCCCCCCCc1nnc(-c2ccccc2)n1CC. The Balaban J connectivity index is 1.79. The van der Waals surface area contributed by atoms with Crippen molar-refractivity contribution in [1.29, 1.82) is 0 Å². The van der Waals surface area contributed by atoms with E-state index < -0.39 is 0 Å². The number of aromatic nitrogens is 3. The average molecular weight is 313 g/mol. The Morgan fingerprint density at radius 3 is 2.09 bits per heavy atom. The highest BCUT2D eigenvalue weighted by Gasteiger charge is 2.11. The third-order valence-electron chi connectivity index (χ3n) is 4.43. The molecule has 2 rings (SSSR count). The van der Waals surface area contributed by atoms with E-state index >= 15 is 0 Å². The lowest BCUT2D eigenvalue weighted by Crippen LogP contribution is -2.04. The van der Waals surface area contributed by atoms with Gasteiger partial charge in [0.25, 0.3) is 0 Å². The lowest BCUT2D eigenvalue weighted by molar-refractivity contribution is 0.565. The van der Waals surface area contributed by atoms with Gasteiger partial charge in [0, 0.05) is 18.5 Å². The molecule has 23 heavy (non-hydrogen) atoms. The van der Waals surface area contributed by atoms with Gasteiger partial charge in [0.2, 0.25) is 0 Å². The van der Waals surface area contributed by atoms with Crippen LogP contribution >= 0.6 is 0 Å². The Labute approximate surface area is 141 Å². The fourth-order valence-corrected chi connectivity index (χ4v) is 3.07. The van der Waals surface area contributed by atoms with Crippen LogP contribution in [0.3, 0.4) is 0 Å². The zero-order chi connectivity index (χ0) is 16.3. The van der Waals surface area contributed by atoms with Crippen molar-refractivity contribution < 1.29 is 0 Å². The van der Waals surface area contributed by atoms with E-state index in [0.717, 1.165) is 30.2 Å². The topological polar surface area (TPSA) is 30.7 Å². The van der Waals surface area contributed by atoms with Crippen molar-refractivity contribution in [2.24, 2.45) is 0 Å². The number of unbranched alkanes of at least 4 members (excludes halogenated alkanes) is 7. The molecule has 0 aliphatic heterocycles. The predicted octanol–water partition coefficient (Wildman–Crippen LogP) is 5.65. The van der Waals surface area contributed by atoms with Crippen LogP contribution in [0, 0.1) is 0 Å². The molecular weight excluding hydrogens is 282 g/mol. The van der Waals surface area contributed by atoms with E-state index in [0.29, 0.717) is 0 Å². The summed E-state index contributed by atoms with van der Waals surface area (Å²) in [6, 6.07) is 10.4. The van der Waals surface area contributed by atoms with Gasteiger partial charge in [0.05, 0.1) is 0 Å². The lowest BCUT2D eigenvalue weighted by Gasteiger charge is -2.07. The molecular formula is C20H31N3. The van der Waals surface area contributed by atoms with Gasteiger partial charge < -0.3 is 4.57 Å². The molecule has 3 nitrogen and oxygen atoms in total. The van der Waals surface area contributed by atoms with Crippen LogP contribution in [0.5, 0.6) is 0 Å². The van der Waals surface area contributed by atoms with Gasteiger partial charge >= 0.3 is 0 Å². The molecule has 1 aromatic heterocycles. The quantitative estimate of drug-likeness (QED) is 0.502. The first-order valence-electron chi connectivity index (χ1n) is 9.34. The molecule has 1 heterocycles. The summed E-state index contributed by atoms with van der Waals surface area (Å²) in [6.07, 6.45) is 11.8. The van der Waals surface area contributed by atoms with Crippen molar-refractivity contribution in [2.75, 3.05) is 0 Å². The third kappa shape index (κ3) is 5.49. The largest absolute Gasteiger partial charge is 0.311 e. The molecule has 0 aliphatic rings. The molecule has 1 aromatic carbocycles. The van der Waals surface area contributed by atoms with Gasteiger partial charge in [-0.15, -0.1) is 10.2 Å². The van der Waals surface area contributed by atoms with Gasteiger partial charge in [-0.05, 0) is 13.3 Å². The molecule has 0 saturated heterocycles. The van der Waals surface area contributed by atoms with Crippen LogP contribution in [0.15, 0.2) is 30.3 Å². The summed E-state index contributed by atoms with van der Waals surface area (Å²) < 4.78 is 2.26. The second-order valence-corrected chi connectivity index (χ2v) is 6.27. The lowest BCUT2D eigenvalue weighted by atomic mass is 10.1. The Hall–Kier alpha value is -1.64. The van der Waals surface area contributed by atoms with Gasteiger partial charge in [0.15, 0.2) is 5.82 Å². The maximum atomic E-state index is 4.43. The van der Waals surface area contributed by atoms with Crippen LogP contribution in [0.25, 0.3) is 11.4 Å². The Morgan fingerprint density at radius 1 is 0.783 bits per heavy atom. The van der Waals surface area contributed by atoms with E-state index in [4.69, 9.17) is 0 Å². The highest BCUT2D eigenvalue weighted by Crippen LogP contribution is 2.19. The number of hydrogen-bond acceptors (Lipinski definition) is 2. The molecule has 2 aromatic rings. The maximum Gasteiger partial charge on any atom is 0.163 e. The number of aryl methyl sites for hydroxylation is 1. The number of hydrogen-bond donors (Lipinski definition) is 0. The molecule has 0 saturated carbocycles. The highest BCUT2D eigenvalue weighted by atomic mass is 15.3. The van der Waals surface area contributed by atoms with Gasteiger partial charge in [-0.1, -0.05) is 82.2 Å². The average Bonchev–Trinajstić information content (AvgIpc) is 3.01. The van der Waals surface area contributed by atoms with Crippen molar-refractivity contribution in [3.05, 3.63) is 36.2 Å². The first-order valence-corrected chi connectivity index (χ1v) is 9.34. The van der Waals surface area contributed by atoms with Crippen molar-refractivity contribution >= 4 is 0 Å². The van der Waals surface area contributed by atoms with E-state index in [-0.39, 0.29) is 0 Å². The van der Waals surface area contributed by atoms with Crippen LogP contribution in [0.2, 0.25) is 0 Å². The number of nitrogens with zero attached hydrogens (tertiary/aromatic N) is 3. The molecule has 0 unspecified atom stereocenters. The second kappa shape index (κ2) is 10.2. The van der Waals surface area contributed by atoms with Crippen molar-refractivity contribution in [2.45, 2.75) is 78.2 Å². The Kier molecular flexibility index (Phi) is 7.85. The summed E-state index contributed by atoms with van der Waals surface area (Å²) in [5.41, 5.74) is 1.16. The third-order valence-corrected chi connectivity index (χ3v) is 4.43. The van der Waals surface area contributed by atoms with Crippen LogP contribution in [-0.4, -0.2) is 14.8 Å². The summed E-state index contributed by atoms with van der Waals surface area (Å²) in [5.74, 6) is 2.14. The van der Waals surface area contributed by atoms with Crippen molar-refractivity contribution in [3.63, 3.8) is 0 Å². The summed E-state index contributed by atoms with van der Waals surface area (Å²) in [6.45, 7) is 5.38. The van der Waals surface area contributed by atoms with Gasteiger partial charge in [-0.3, -0.25) is 0 Å². The fourth-order valence-electron chi connectivity index (χ4n) is 3.07. The summed E-state index contributed by atoms with van der Waals surface area (Å²) in [4.78, 5) is 0. The van der Waals surface area contributed by atoms with Crippen LogP contribution in [0.1, 0.15) is 71.0 Å². The predicted molar refractivity (Wildman–Crippen MR) is 97.4 cm³/mol. The minimum Gasteiger partial charge on any atom is -0.311 e. The fraction of sp³-hybridized carbons (Fsp3) is 0.600.